The lowest BCUT2D eigenvalue weighted by Crippen LogP contribution is -2.41. The van der Waals surface area contributed by atoms with E-state index in [9.17, 15) is 0 Å². The Morgan fingerprint density at radius 2 is 1.95 bits per heavy atom. The van der Waals surface area contributed by atoms with E-state index in [1.165, 1.54) is 18.9 Å². The Bertz CT molecular complexity index is 471. The summed E-state index contributed by atoms with van der Waals surface area (Å²) < 4.78 is 18.2. The predicted molar refractivity (Wildman–Crippen MR) is 88.1 cm³/mol. The Morgan fingerprint density at radius 1 is 1.24 bits per heavy atom. The first-order valence-corrected chi connectivity index (χ1v) is 11.0. The van der Waals surface area contributed by atoms with Gasteiger partial charge >= 0.3 is 0 Å². The average molecular weight is 308 g/mol. The van der Waals surface area contributed by atoms with E-state index in [2.05, 4.69) is 26.1 Å². The molecule has 0 aliphatic carbocycles. The van der Waals surface area contributed by atoms with Gasteiger partial charge in [-0.25, -0.2) is 0 Å². The normalized spacial score (nSPS) is 20.7. The fraction of sp³-hybridized carbons (Fsp3) is 0.647. The van der Waals surface area contributed by atoms with Gasteiger partial charge in [-0.05, 0) is 25.2 Å². The van der Waals surface area contributed by atoms with Gasteiger partial charge in [0.25, 0.3) is 0 Å². The topological polar surface area (TPSA) is 27.7 Å². The van der Waals surface area contributed by atoms with E-state index >= 15 is 0 Å². The summed E-state index contributed by atoms with van der Waals surface area (Å²) in [5.74, 6) is 0.313. The van der Waals surface area contributed by atoms with Gasteiger partial charge in [-0.2, -0.15) is 0 Å². The predicted octanol–water partition coefficient (Wildman–Crippen LogP) is 4.89. The zero-order chi connectivity index (χ0) is 15.5. The third kappa shape index (κ3) is 4.56. The summed E-state index contributed by atoms with van der Waals surface area (Å²) in [4.78, 5) is 0. The van der Waals surface area contributed by atoms with E-state index in [4.69, 9.17) is 13.9 Å². The molecular weight excluding hydrogens is 280 g/mol. The highest BCUT2D eigenvalue weighted by atomic mass is 28.4. The molecule has 1 heterocycles. The largest absolute Gasteiger partial charge is 0.463 e. The van der Waals surface area contributed by atoms with Crippen LogP contribution < -0.4 is 4.74 Å². The monoisotopic (exact) mass is 308 g/mol. The van der Waals surface area contributed by atoms with Crippen LogP contribution in [0.3, 0.4) is 0 Å². The smallest absolute Gasteiger partial charge is 0.205 e. The maximum absolute atomic E-state index is 6.28. The minimum Gasteiger partial charge on any atom is -0.463 e. The van der Waals surface area contributed by atoms with E-state index < -0.39 is 14.1 Å². The van der Waals surface area contributed by atoms with Gasteiger partial charge in [0.2, 0.25) is 5.79 Å². The molecule has 0 saturated carbocycles. The molecule has 0 aromatic heterocycles. The summed E-state index contributed by atoms with van der Waals surface area (Å²) >= 11 is 0. The van der Waals surface area contributed by atoms with E-state index in [1.807, 2.05) is 32.0 Å². The lowest BCUT2D eigenvalue weighted by molar-refractivity contribution is -0.213. The van der Waals surface area contributed by atoms with Gasteiger partial charge in [0.15, 0.2) is 8.32 Å². The maximum Gasteiger partial charge on any atom is 0.205 e. The molecule has 0 saturated heterocycles. The van der Waals surface area contributed by atoms with Crippen molar-refractivity contribution in [3.8, 4) is 5.75 Å². The molecule has 3 nitrogen and oxygen atoms in total. The van der Waals surface area contributed by atoms with Crippen LogP contribution in [0.4, 0.5) is 0 Å². The van der Waals surface area contributed by atoms with Crippen molar-refractivity contribution >= 4 is 8.32 Å². The van der Waals surface area contributed by atoms with Crippen molar-refractivity contribution < 1.29 is 13.9 Å². The van der Waals surface area contributed by atoms with Crippen molar-refractivity contribution in [2.75, 3.05) is 6.61 Å². The molecule has 1 aliphatic rings. The van der Waals surface area contributed by atoms with Crippen molar-refractivity contribution in [3.63, 3.8) is 0 Å². The molecule has 0 spiro atoms. The van der Waals surface area contributed by atoms with Crippen LogP contribution in [0.2, 0.25) is 19.1 Å². The second-order valence-electron chi connectivity index (χ2n) is 6.82. The van der Waals surface area contributed by atoms with Crippen LogP contribution in [0, 0.1) is 0 Å². The Kier molecular flexibility index (Phi) is 5.12. The van der Waals surface area contributed by atoms with Gasteiger partial charge in [-0.3, -0.25) is 0 Å². The summed E-state index contributed by atoms with van der Waals surface area (Å²) in [5.41, 5.74) is 1.09. The summed E-state index contributed by atoms with van der Waals surface area (Å²) in [6.45, 7) is 11.3. The second-order valence-corrected chi connectivity index (χ2v) is 11.1. The molecular formula is C17H28O3Si. The van der Waals surface area contributed by atoms with Crippen LogP contribution >= 0.6 is 0 Å². The Balaban J connectivity index is 2.06. The van der Waals surface area contributed by atoms with Crippen molar-refractivity contribution in [2.45, 2.75) is 64.6 Å². The van der Waals surface area contributed by atoms with Crippen LogP contribution in [0.25, 0.3) is 0 Å². The van der Waals surface area contributed by atoms with Crippen molar-refractivity contribution in [3.05, 3.63) is 29.8 Å². The number of para-hydroxylation sites is 1. The number of ether oxygens (including phenoxy) is 2. The number of hydrogen-bond donors (Lipinski definition) is 0. The number of fused-ring (bicyclic) bond motifs is 1. The number of unbranched alkanes of at least 4 members (excludes halogenated alkanes) is 1. The van der Waals surface area contributed by atoms with Crippen LogP contribution in [-0.4, -0.2) is 20.7 Å². The highest BCUT2D eigenvalue weighted by Crippen LogP contribution is 2.38. The fourth-order valence-electron chi connectivity index (χ4n) is 2.63. The zero-order valence-corrected chi connectivity index (χ0v) is 14.9. The SMILES string of the molecule is CCCC[Si](C)(C)OCC1OC(C)(C)Oc2ccccc21. The van der Waals surface area contributed by atoms with Gasteiger partial charge in [0, 0.05) is 19.4 Å². The Morgan fingerprint density at radius 3 is 2.67 bits per heavy atom. The molecule has 1 atom stereocenters. The van der Waals surface area contributed by atoms with Gasteiger partial charge in [-0.1, -0.05) is 38.0 Å². The number of rotatable bonds is 6. The summed E-state index contributed by atoms with van der Waals surface area (Å²) in [6, 6.07) is 9.30. The van der Waals surface area contributed by atoms with Crippen molar-refractivity contribution in [2.24, 2.45) is 0 Å². The summed E-state index contributed by atoms with van der Waals surface area (Å²) in [7, 11) is -1.60. The Hall–Kier alpha value is -0.843. The lowest BCUT2D eigenvalue weighted by atomic mass is 10.1. The van der Waals surface area contributed by atoms with Gasteiger partial charge in [0.1, 0.15) is 11.9 Å². The molecule has 1 aromatic carbocycles. The van der Waals surface area contributed by atoms with Gasteiger partial charge in [-0.15, -0.1) is 0 Å². The van der Waals surface area contributed by atoms with Gasteiger partial charge < -0.3 is 13.9 Å². The quantitative estimate of drug-likeness (QED) is 0.700. The minimum absolute atomic E-state index is 0.0432. The standard InChI is InChI=1S/C17H28O3Si/c1-6-7-12-21(4,5)18-13-16-14-10-8-9-11-15(14)19-17(2,3)20-16/h8-11,16H,6-7,12-13H2,1-5H3. The highest BCUT2D eigenvalue weighted by molar-refractivity contribution is 6.71. The molecule has 0 bridgehead atoms. The average Bonchev–Trinajstić information content (AvgIpc) is 2.41. The number of benzene rings is 1. The Labute approximate surface area is 129 Å². The van der Waals surface area contributed by atoms with E-state index in [-0.39, 0.29) is 6.10 Å². The van der Waals surface area contributed by atoms with Crippen molar-refractivity contribution in [1.82, 2.24) is 0 Å². The molecule has 1 aromatic rings. The first kappa shape index (κ1) is 16.5. The molecule has 0 fully saturated rings. The third-order valence-corrected chi connectivity index (χ3v) is 6.31. The molecule has 21 heavy (non-hydrogen) atoms. The van der Waals surface area contributed by atoms with E-state index in [0.29, 0.717) is 6.61 Å². The van der Waals surface area contributed by atoms with E-state index in [1.54, 1.807) is 0 Å². The number of hydrogen-bond acceptors (Lipinski definition) is 3. The molecule has 118 valence electrons. The van der Waals surface area contributed by atoms with Crippen molar-refractivity contribution in [1.29, 1.82) is 0 Å². The van der Waals surface area contributed by atoms with E-state index in [0.717, 1.165) is 11.3 Å². The minimum atomic E-state index is -1.60. The summed E-state index contributed by atoms with van der Waals surface area (Å²) in [6.07, 6.45) is 2.43. The maximum atomic E-state index is 6.28. The third-order valence-electron chi connectivity index (χ3n) is 3.81. The first-order chi connectivity index (χ1) is 9.83. The molecule has 1 unspecified atom stereocenters. The highest BCUT2D eigenvalue weighted by Gasteiger charge is 2.35. The molecule has 0 radical (unpaired) electrons. The van der Waals surface area contributed by atoms with Crippen LogP contribution in [0.5, 0.6) is 5.75 Å². The molecule has 0 N–H and O–H groups in total. The molecule has 2 rings (SSSR count). The fourth-order valence-corrected chi connectivity index (χ4v) is 4.59. The second kappa shape index (κ2) is 6.51. The molecule has 4 heteroatoms. The van der Waals surface area contributed by atoms with Gasteiger partial charge in [0.05, 0.1) is 6.61 Å². The summed E-state index contributed by atoms with van der Waals surface area (Å²) in [5, 5.41) is 0. The van der Waals surface area contributed by atoms with Crippen LogP contribution in [0.1, 0.15) is 45.3 Å². The lowest BCUT2D eigenvalue weighted by Gasteiger charge is -2.38. The molecule has 0 amide bonds. The first-order valence-electron chi connectivity index (χ1n) is 7.93. The zero-order valence-electron chi connectivity index (χ0n) is 13.9. The van der Waals surface area contributed by atoms with Crippen LogP contribution in [-0.2, 0) is 9.16 Å². The molecule has 1 aliphatic heterocycles. The van der Waals surface area contributed by atoms with Crippen LogP contribution in [0.15, 0.2) is 24.3 Å².